The lowest BCUT2D eigenvalue weighted by molar-refractivity contribution is 0.361. The van der Waals surface area contributed by atoms with Crippen molar-refractivity contribution in [2.75, 3.05) is 6.61 Å². The number of para-hydroxylation sites is 1. The Morgan fingerprint density at radius 3 is 1.83 bits per heavy atom. The van der Waals surface area contributed by atoms with Gasteiger partial charge >= 0.3 is 0 Å². The summed E-state index contributed by atoms with van der Waals surface area (Å²) in [5, 5.41) is 0. The maximum Gasteiger partial charge on any atom is 0.133 e. The molecule has 0 aromatic heterocycles. The molecule has 0 spiro atoms. The predicted octanol–water partition coefficient (Wildman–Crippen LogP) is 5.96. The van der Waals surface area contributed by atoms with Gasteiger partial charge in [0, 0.05) is 0 Å². The smallest absolute Gasteiger partial charge is 0.133 e. The first-order valence-corrected chi connectivity index (χ1v) is 8.32. The lowest BCUT2D eigenvalue weighted by Crippen LogP contribution is -1.97. The third-order valence-corrected chi connectivity index (χ3v) is 4.19. The molecule has 3 aromatic rings. The molecule has 2 heteroatoms. The van der Waals surface area contributed by atoms with Gasteiger partial charge in [0.15, 0.2) is 0 Å². The number of rotatable bonds is 5. The van der Waals surface area contributed by atoms with Crippen LogP contribution in [0.5, 0.6) is 5.75 Å². The van der Waals surface area contributed by atoms with Gasteiger partial charge in [-0.15, -0.1) is 0 Å². The topological polar surface area (TPSA) is 9.23 Å². The zero-order valence-corrected chi connectivity index (χ0v) is 14.2. The first-order chi connectivity index (χ1) is 11.3. The van der Waals surface area contributed by atoms with Gasteiger partial charge in [-0.25, -0.2) is 0 Å². The molecule has 0 amide bonds. The Balaban J connectivity index is 1.85. The van der Waals surface area contributed by atoms with Gasteiger partial charge in [-0.2, -0.15) is 0 Å². The van der Waals surface area contributed by atoms with Crippen LogP contribution < -0.4 is 4.74 Å². The molecular formula is C21H17BrO. The van der Waals surface area contributed by atoms with Crippen molar-refractivity contribution < 1.29 is 4.74 Å². The van der Waals surface area contributed by atoms with E-state index in [4.69, 9.17) is 4.74 Å². The summed E-state index contributed by atoms with van der Waals surface area (Å²) < 4.78 is 6.85. The average molecular weight is 365 g/mol. The summed E-state index contributed by atoms with van der Waals surface area (Å²) in [6.45, 7) is 0.516. The summed E-state index contributed by atoms with van der Waals surface area (Å²) in [7, 11) is 0. The Labute approximate surface area is 145 Å². The Hall–Kier alpha value is -2.32. The SMILES string of the molecule is Brc1ccccc1OCC=C(c1ccccc1)c1ccccc1. The summed E-state index contributed by atoms with van der Waals surface area (Å²) in [4.78, 5) is 0. The summed E-state index contributed by atoms with van der Waals surface area (Å²) in [5.74, 6) is 0.851. The standard InChI is InChI=1S/C21H17BrO/c22-20-13-7-8-14-21(20)23-16-15-19(17-9-3-1-4-10-17)18-11-5-2-6-12-18/h1-15H,16H2. The van der Waals surface area contributed by atoms with E-state index in [2.05, 4.69) is 70.5 Å². The lowest BCUT2D eigenvalue weighted by Gasteiger charge is -2.10. The molecule has 0 aliphatic heterocycles. The van der Waals surface area contributed by atoms with E-state index in [1.165, 1.54) is 16.7 Å². The third-order valence-electron chi connectivity index (χ3n) is 3.53. The van der Waals surface area contributed by atoms with Crippen molar-refractivity contribution in [3.8, 4) is 5.75 Å². The molecule has 3 rings (SSSR count). The van der Waals surface area contributed by atoms with Crippen molar-refractivity contribution in [3.05, 3.63) is 107 Å². The molecule has 0 atom stereocenters. The fraction of sp³-hybridized carbons (Fsp3) is 0.0476. The van der Waals surface area contributed by atoms with E-state index < -0.39 is 0 Å². The highest BCUT2D eigenvalue weighted by Gasteiger charge is 2.04. The summed E-state index contributed by atoms with van der Waals surface area (Å²) in [5.41, 5.74) is 3.56. The molecule has 0 bridgehead atoms. The first-order valence-electron chi connectivity index (χ1n) is 7.53. The monoisotopic (exact) mass is 364 g/mol. The van der Waals surface area contributed by atoms with E-state index in [1.807, 2.05) is 36.4 Å². The van der Waals surface area contributed by atoms with Crippen LogP contribution in [-0.2, 0) is 0 Å². The molecule has 0 aliphatic rings. The van der Waals surface area contributed by atoms with Crippen molar-refractivity contribution in [1.29, 1.82) is 0 Å². The molecule has 23 heavy (non-hydrogen) atoms. The normalized spacial score (nSPS) is 10.1. The fourth-order valence-corrected chi connectivity index (χ4v) is 2.81. The zero-order chi connectivity index (χ0) is 15.9. The second kappa shape index (κ2) is 7.80. The Morgan fingerprint density at radius 2 is 1.26 bits per heavy atom. The van der Waals surface area contributed by atoms with Crippen LogP contribution in [0.1, 0.15) is 11.1 Å². The molecule has 3 aromatic carbocycles. The number of ether oxygens (including phenoxy) is 1. The zero-order valence-electron chi connectivity index (χ0n) is 12.7. The molecule has 0 unspecified atom stereocenters. The van der Waals surface area contributed by atoms with E-state index in [1.54, 1.807) is 0 Å². The minimum absolute atomic E-state index is 0.516. The summed E-state index contributed by atoms with van der Waals surface area (Å²) >= 11 is 3.51. The van der Waals surface area contributed by atoms with Gasteiger partial charge in [0.1, 0.15) is 12.4 Å². The van der Waals surface area contributed by atoms with Crippen molar-refractivity contribution in [2.45, 2.75) is 0 Å². The highest BCUT2D eigenvalue weighted by Crippen LogP contribution is 2.26. The predicted molar refractivity (Wildman–Crippen MR) is 99.6 cm³/mol. The molecule has 0 heterocycles. The maximum absolute atomic E-state index is 5.89. The van der Waals surface area contributed by atoms with E-state index >= 15 is 0 Å². The Morgan fingerprint density at radius 1 is 0.739 bits per heavy atom. The van der Waals surface area contributed by atoms with E-state index in [0.717, 1.165) is 10.2 Å². The van der Waals surface area contributed by atoms with Crippen LogP contribution in [0.25, 0.3) is 5.57 Å². The largest absolute Gasteiger partial charge is 0.488 e. The first kappa shape index (κ1) is 15.6. The number of hydrogen-bond acceptors (Lipinski definition) is 1. The van der Waals surface area contributed by atoms with Crippen LogP contribution in [0.4, 0.5) is 0 Å². The summed E-state index contributed by atoms with van der Waals surface area (Å²) in [6, 6.07) is 28.7. The van der Waals surface area contributed by atoms with Gasteiger partial charge < -0.3 is 4.74 Å². The number of hydrogen-bond donors (Lipinski definition) is 0. The van der Waals surface area contributed by atoms with Crippen molar-refractivity contribution in [3.63, 3.8) is 0 Å². The van der Waals surface area contributed by atoms with Crippen molar-refractivity contribution in [2.24, 2.45) is 0 Å². The average Bonchev–Trinajstić information content (AvgIpc) is 2.62. The third kappa shape index (κ3) is 4.11. The number of halogens is 1. The summed E-state index contributed by atoms with van der Waals surface area (Å²) in [6.07, 6.45) is 2.13. The van der Waals surface area contributed by atoms with Crippen LogP contribution in [0.15, 0.2) is 95.5 Å². The molecule has 114 valence electrons. The fourth-order valence-electron chi connectivity index (χ4n) is 2.41. The van der Waals surface area contributed by atoms with E-state index in [9.17, 15) is 0 Å². The Kier molecular flexibility index (Phi) is 5.28. The lowest BCUT2D eigenvalue weighted by atomic mass is 9.98. The maximum atomic E-state index is 5.89. The second-order valence-corrected chi connectivity index (χ2v) is 5.95. The molecular weight excluding hydrogens is 348 g/mol. The molecule has 0 aliphatic carbocycles. The quantitative estimate of drug-likeness (QED) is 0.542. The molecule has 0 N–H and O–H groups in total. The van der Waals surface area contributed by atoms with Gasteiger partial charge in [0.25, 0.3) is 0 Å². The Bertz CT molecular complexity index is 738. The van der Waals surface area contributed by atoms with Gasteiger partial charge in [-0.05, 0) is 50.8 Å². The van der Waals surface area contributed by atoms with E-state index in [0.29, 0.717) is 6.61 Å². The van der Waals surface area contributed by atoms with Crippen LogP contribution in [-0.4, -0.2) is 6.61 Å². The van der Waals surface area contributed by atoms with Crippen LogP contribution in [0.3, 0.4) is 0 Å². The van der Waals surface area contributed by atoms with Gasteiger partial charge in [-0.3, -0.25) is 0 Å². The van der Waals surface area contributed by atoms with Crippen LogP contribution in [0.2, 0.25) is 0 Å². The van der Waals surface area contributed by atoms with Crippen molar-refractivity contribution >= 4 is 21.5 Å². The van der Waals surface area contributed by atoms with Gasteiger partial charge in [-0.1, -0.05) is 72.8 Å². The van der Waals surface area contributed by atoms with Gasteiger partial charge in [0.2, 0.25) is 0 Å². The molecule has 0 fully saturated rings. The minimum atomic E-state index is 0.516. The highest BCUT2D eigenvalue weighted by atomic mass is 79.9. The van der Waals surface area contributed by atoms with Crippen LogP contribution >= 0.6 is 15.9 Å². The van der Waals surface area contributed by atoms with Crippen molar-refractivity contribution in [1.82, 2.24) is 0 Å². The van der Waals surface area contributed by atoms with Crippen LogP contribution in [0, 0.1) is 0 Å². The van der Waals surface area contributed by atoms with E-state index in [-0.39, 0.29) is 0 Å². The number of benzene rings is 3. The molecule has 0 saturated heterocycles. The van der Waals surface area contributed by atoms with Gasteiger partial charge in [0.05, 0.1) is 4.47 Å². The molecule has 0 radical (unpaired) electrons. The minimum Gasteiger partial charge on any atom is -0.488 e. The molecule has 1 nitrogen and oxygen atoms in total. The highest BCUT2D eigenvalue weighted by molar-refractivity contribution is 9.10. The second-order valence-electron chi connectivity index (χ2n) is 5.09. The molecule has 0 saturated carbocycles.